The molecule has 1 aromatic heterocycles. The van der Waals surface area contributed by atoms with Gasteiger partial charge in [0.15, 0.2) is 5.13 Å². The van der Waals surface area contributed by atoms with Crippen molar-refractivity contribution in [1.82, 2.24) is 9.88 Å². The number of anilines is 2. The van der Waals surface area contributed by atoms with Crippen LogP contribution in [-0.4, -0.2) is 57.9 Å². The van der Waals surface area contributed by atoms with Gasteiger partial charge in [-0.1, -0.05) is 29.5 Å². The molecule has 0 radical (unpaired) electrons. The summed E-state index contributed by atoms with van der Waals surface area (Å²) in [6.45, 7) is 1.38. The lowest BCUT2D eigenvalue weighted by Crippen LogP contribution is -2.37. The third kappa shape index (κ3) is 5.09. The average Bonchev–Trinajstić information content (AvgIpc) is 3.31. The first-order valence-electron chi connectivity index (χ1n) is 12.0. The van der Waals surface area contributed by atoms with Crippen LogP contribution in [0.25, 0.3) is 10.2 Å². The predicted molar refractivity (Wildman–Crippen MR) is 146 cm³/mol. The molecule has 0 saturated carbocycles. The Labute approximate surface area is 219 Å². The zero-order valence-electron chi connectivity index (χ0n) is 20.6. The Morgan fingerprint density at radius 2 is 1.81 bits per heavy atom. The van der Waals surface area contributed by atoms with Gasteiger partial charge in [-0.15, -0.1) is 0 Å². The van der Waals surface area contributed by atoms with Crippen molar-refractivity contribution >= 4 is 48.3 Å². The molecule has 0 aliphatic carbocycles. The van der Waals surface area contributed by atoms with Gasteiger partial charge in [0.25, 0.3) is 15.9 Å². The lowest BCUT2D eigenvalue weighted by atomic mass is 10.0. The molecule has 192 valence electrons. The van der Waals surface area contributed by atoms with Crippen molar-refractivity contribution in [2.24, 2.45) is 0 Å². The molecular weight excluding hydrogens is 511 g/mol. The molecule has 1 aliphatic heterocycles. The summed E-state index contributed by atoms with van der Waals surface area (Å²) in [5, 5.41) is 0.467. The van der Waals surface area contributed by atoms with Gasteiger partial charge in [0, 0.05) is 25.2 Å². The van der Waals surface area contributed by atoms with E-state index < -0.39 is 10.0 Å². The standard InChI is InChI=1S/C27H27FN4O3S2/c1-30(2)16-17-31(27-29-23-14-11-21(28)18-25(23)36-27)26(33)20-9-12-22(13-10-20)37(34,35)32-15-5-7-19-6-3-4-8-24(19)32/h3-4,6,8-14,18H,5,7,15-17H2,1-2H3. The summed E-state index contributed by atoms with van der Waals surface area (Å²) in [5.41, 5.74) is 2.68. The lowest BCUT2D eigenvalue weighted by Gasteiger charge is -2.30. The van der Waals surface area contributed by atoms with Crippen molar-refractivity contribution in [1.29, 1.82) is 0 Å². The Bertz CT molecular complexity index is 1550. The van der Waals surface area contributed by atoms with Crippen LogP contribution in [-0.2, 0) is 16.4 Å². The number of likely N-dealkylation sites (N-methyl/N-ethyl adjacent to an activating group) is 1. The van der Waals surface area contributed by atoms with Gasteiger partial charge in [-0.3, -0.25) is 14.0 Å². The maximum atomic E-state index is 13.7. The zero-order chi connectivity index (χ0) is 26.2. The number of rotatable bonds is 7. The number of amides is 1. The molecule has 7 nitrogen and oxygen atoms in total. The van der Waals surface area contributed by atoms with Gasteiger partial charge in [-0.25, -0.2) is 17.8 Å². The van der Waals surface area contributed by atoms with Crippen LogP contribution >= 0.6 is 11.3 Å². The van der Waals surface area contributed by atoms with Gasteiger partial charge < -0.3 is 4.90 Å². The first kappa shape index (κ1) is 25.3. The summed E-state index contributed by atoms with van der Waals surface area (Å²) in [6, 6.07) is 17.9. The van der Waals surface area contributed by atoms with Crippen LogP contribution in [0.5, 0.6) is 0 Å². The molecule has 0 unspecified atom stereocenters. The van der Waals surface area contributed by atoms with Crippen molar-refractivity contribution in [3.8, 4) is 0 Å². The number of aryl methyl sites for hydroxylation is 1. The number of hydrogen-bond donors (Lipinski definition) is 0. The van der Waals surface area contributed by atoms with Crippen molar-refractivity contribution in [2.45, 2.75) is 17.7 Å². The molecule has 0 atom stereocenters. The number of para-hydroxylation sites is 1. The fourth-order valence-electron chi connectivity index (χ4n) is 4.39. The van der Waals surface area contributed by atoms with E-state index in [4.69, 9.17) is 0 Å². The zero-order valence-corrected chi connectivity index (χ0v) is 22.2. The van der Waals surface area contributed by atoms with Crippen LogP contribution in [0.4, 0.5) is 15.2 Å². The minimum Gasteiger partial charge on any atom is -0.308 e. The van der Waals surface area contributed by atoms with Crippen molar-refractivity contribution < 1.29 is 17.6 Å². The Morgan fingerprint density at radius 3 is 2.57 bits per heavy atom. The molecule has 5 rings (SSSR count). The summed E-state index contributed by atoms with van der Waals surface area (Å²) < 4.78 is 42.8. The number of hydrogen-bond acceptors (Lipinski definition) is 6. The molecule has 0 spiro atoms. The highest BCUT2D eigenvalue weighted by Crippen LogP contribution is 2.33. The van der Waals surface area contributed by atoms with Crippen LogP contribution < -0.4 is 9.21 Å². The fourth-order valence-corrected chi connectivity index (χ4v) is 6.94. The van der Waals surface area contributed by atoms with Gasteiger partial charge in [0.2, 0.25) is 0 Å². The molecule has 3 aromatic carbocycles. The molecular formula is C27H27FN4O3S2. The van der Waals surface area contributed by atoms with Gasteiger partial charge in [0.1, 0.15) is 5.82 Å². The van der Waals surface area contributed by atoms with Crippen LogP contribution in [0.15, 0.2) is 71.6 Å². The molecule has 37 heavy (non-hydrogen) atoms. The molecule has 10 heteroatoms. The van der Waals surface area contributed by atoms with E-state index in [1.54, 1.807) is 23.1 Å². The van der Waals surface area contributed by atoms with Crippen LogP contribution in [0.3, 0.4) is 0 Å². The molecule has 1 aliphatic rings. The highest BCUT2D eigenvalue weighted by atomic mass is 32.2. The number of carbonyl (C=O) groups excluding carboxylic acids is 1. The lowest BCUT2D eigenvalue weighted by molar-refractivity contribution is 0.0985. The van der Waals surface area contributed by atoms with E-state index in [9.17, 15) is 17.6 Å². The van der Waals surface area contributed by atoms with E-state index >= 15 is 0 Å². The largest absolute Gasteiger partial charge is 0.308 e. The van der Waals surface area contributed by atoms with E-state index in [2.05, 4.69) is 4.98 Å². The molecule has 0 fully saturated rings. The second-order valence-corrected chi connectivity index (χ2v) is 12.1. The first-order valence-corrected chi connectivity index (χ1v) is 14.2. The molecule has 2 heterocycles. The molecule has 0 saturated heterocycles. The van der Waals surface area contributed by atoms with Crippen LogP contribution in [0, 0.1) is 5.82 Å². The third-order valence-electron chi connectivity index (χ3n) is 6.34. The summed E-state index contributed by atoms with van der Waals surface area (Å²) in [6.07, 6.45) is 1.59. The summed E-state index contributed by atoms with van der Waals surface area (Å²) >= 11 is 1.25. The number of thiazole rings is 1. The Hall–Kier alpha value is -3.34. The monoisotopic (exact) mass is 538 g/mol. The summed E-state index contributed by atoms with van der Waals surface area (Å²) in [7, 11) is 0.0458. The molecule has 0 bridgehead atoms. The second kappa shape index (κ2) is 10.2. The molecule has 1 amide bonds. The maximum Gasteiger partial charge on any atom is 0.264 e. The van der Waals surface area contributed by atoms with Crippen molar-refractivity contribution in [3.63, 3.8) is 0 Å². The number of benzene rings is 3. The number of aromatic nitrogens is 1. The Kier molecular flexibility index (Phi) is 6.98. The van der Waals surface area contributed by atoms with E-state index in [1.165, 1.54) is 39.9 Å². The number of sulfonamides is 1. The Balaban J connectivity index is 1.44. The Morgan fingerprint density at radius 1 is 1.05 bits per heavy atom. The SMILES string of the molecule is CN(C)CCN(C(=O)c1ccc(S(=O)(=O)N2CCCc3ccccc32)cc1)c1nc2ccc(F)cc2s1. The quantitative estimate of drug-likeness (QED) is 0.339. The van der Waals surface area contributed by atoms with E-state index in [0.29, 0.717) is 46.2 Å². The number of nitrogens with zero attached hydrogens (tertiary/aromatic N) is 4. The second-order valence-electron chi connectivity index (χ2n) is 9.20. The minimum absolute atomic E-state index is 0.135. The molecule has 4 aromatic rings. The van der Waals surface area contributed by atoms with Gasteiger partial charge >= 0.3 is 0 Å². The van der Waals surface area contributed by atoms with Gasteiger partial charge in [-0.2, -0.15) is 0 Å². The number of fused-ring (bicyclic) bond motifs is 2. The minimum atomic E-state index is -3.78. The van der Waals surface area contributed by atoms with Crippen molar-refractivity contribution in [3.05, 3.63) is 83.7 Å². The van der Waals surface area contributed by atoms with E-state index in [-0.39, 0.29) is 16.6 Å². The normalized spacial score (nSPS) is 13.7. The predicted octanol–water partition coefficient (Wildman–Crippen LogP) is 4.79. The maximum absolute atomic E-state index is 13.7. The molecule has 0 N–H and O–H groups in total. The average molecular weight is 539 g/mol. The summed E-state index contributed by atoms with van der Waals surface area (Å²) in [5.74, 6) is -0.657. The summed E-state index contributed by atoms with van der Waals surface area (Å²) in [4.78, 5) is 21.8. The smallest absolute Gasteiger partial charge is 0.264 e. The van der Waals surface area contributed by atoms with Crippen molar-refractivity contribution in [2.75, 3.05) is 42.9 Å². The fraction of sp³-hybridized carbons (Fsp3) is 0.259. The highest BCUT2D eigenvalue weighted by Gasteiger charge is 2.29. The number of carbonyl (C=O) groups is 1. The highest BCUT2D eigenvalue weighted by molar-refractivity contribution is 7.92. The van der Waals surface area contributed by atoms with E-state index in [0.717, 1.165) is 18.4 Å². The first-order chi connectivity index (χ1) is 17.7. The topological polar surface area (TPSA) is 73.8 Å². The third-order valence-corrected chi connectivity index (χ3v) is 9.21. The van der Waals surface area contributed by atoms with Crippen LogP contribution in [0.2, 0.25) is 0 Å². The van der Waals surface area contributed by atoms with Gasteiger partial charge in [-0.05, 0) is 81.0 Å². The van der Waals surface area contributed by atoms with Crippen LogP contribution in [0.1, 0.15) is 22.3 Å². The number of halogens is 1. The van der Waals surface area contributed by atoms with E-state index in [1.807, 2.05) is 43.3 Å². The van der Waals surface area contributed by atoms with Gasteiger partial charge in [0.05, 0.1) is 20.8 Å².